The average molecular weight is 314 g/mol. The molecule has 8 heteroatoms. The molecule has 3 heterocycles. The Labute approximate surface area is 133 Å². The van der Waals surface area contributed by atoms with Crippen molar-refractivity contribution in [3.05, 3.63) is 36.8 Å². The second kappa shape index (κ2) is 6.47. The van der Waals surface area contributed by atoms with E-state index in [4.69, 9.17) is 5.73 Å². The predicted molar refractivity (Wildman–Crippen MR) is 83.9 cm³/mol. The van der Waals surface area contributed by atoms with Crippen LogP contribution in [0.2, 0.25) is 0 Å². The molecule has 0 radical (unpaired) electrons. The molecule has 3 rings (SSSR count). The normalized spacial score (nSPS) is 17.7. The minimum Gasteiger partial charge on any atom is -0.351 e. The van der Waals surface area contributed by atoms with Gasteiger partial charge in [-0.05, 0) is 31.0 Å². The van der Waals surface area contributed by atoms with Gasteiger partial charge < -0.3 is 16.0 Å². The molecule has 0 aliphatic carbocycles. The van der Waals surface area contributed by atoms with Crippen LogP contribution in [0.4, 0.5) is 10.5 Å². The zero-order valence-electron chi connectivity index (χ0n) is 12.6. The molecule has 2 aromatic heterocycles. The molecule has 3 amide bonds. The van der Waals surface area contributed by atoms with Gasteiger partial charge in [0.05, 0.1) is 17.8 Å². The Morgan fingerprint density at radius 2 is 2.22 bits per heavy atom. The van der Waals surface area contributed by atoms with E-state index < -0.39 is 6.03 Å². The van der Waals surface area contributed by atoms with Crippen LogP contribution in [-0.2, 0) is 4.79 Å². The van der Waals surface area contributed by atoms with Crippen molar-refractivity contribution >= 4 is 17.6 Å². The fourth-order valence-corrected chi connectivity index (χ4v) is 2.64. The molecule has 2 aromatic rings. The number of hydrogen-bond acceptors (Lipinski definition) is 4. The van der Waals surface area contributed by atoms with Crippen LogP contribution in [0, 0.1) is 5.92 Å². The van der Waals surface area contributed by atoms with E-state index >= 15 is 0 Å². The van der Waals surface area contributed by atoms with Crippen molar-refractivity contribution in [3.63, 3.8) is 0 Å². The van der Waals surface area contributed by atoms with Crippen molar-refractivity contribution in [2.75, 3.05) is 18.4 Å². The molecule has 0 saturated carbocycles. The largest absolute Gasteiger partial charge is 0.351 e. The third kappa shape index (κ3) is 3.47. The number of aromatic nitrogens is 3. The maximum atomic E-state index is 12.3. The van der Waals surface area contributed by atoms with Crippen molar-refractivity contribution < 1.29 is 9.59 Å². The summed E-state index contributed by atoms with van der Waals surface area (Å²) < 4.78 is 1.64. The number of pyridine rings is 1. The number of urea groups is 1. The van der Waals surface area contributed by atoms with E-state index in [0.29, 0.717) is 24.6 Å². The highest BCUT2D eigenvalue weighted by Gasteiger charge is 2.27. The molecule has 1 atom stereocenters. The molecule has 1 aliphatic rings. The number of rotatable bonds is 3. The Kier molecular flexibility index (Phi) is 4.22. The van der Waals surface area contributed by atoms with Gasteiger partial charge in [-0.15, -0.1) is 0 Å². The molecule has 0 spiro atoms. The zero-order valence-corrected chi connectivity index (χ0v) is 12.6. The van der Waals surface area contributed by atoms with Gasteiger partial charge in [0, 0.05) is 25.5 Å². The molecule has 0 aromatic carbocycles. The highest BCUT2D eigenvalue weighted by Crippen LogP contribution is 2.18. The van der Waals surface area contributed by atoms with Gasteiger partial charge in [0.15, 0.2) is 5.82 Å². The third-order valence-electron chi connectivity index (χ3n) is 3.86. The van der Waals surface area contributed by atoms with E-state index in [-0.39, 0.29) is 11.8 Å². The predicted octanol–water partition coefficient (Wildman–Crippen LogP) is 0.996. The average Bonchev–Trinajstić information content (AvgIpc) is 3.10. The minimum absolute atomic E-state index is 0.121. The Morgan fingerprint density at radius 1 is 1.35 bits per heavy atom. The minimum atomic E-state index is -0.479. The first kappa shape index (κ1) is 15.0. The first-order valence-corrected chi connectivity index (χ1v) is 7.45. The van der Waals surface area contributed by atoms with Crippen LogP contribution in [0.3, 0.4) is 0 Å². The van der Waals surface area contributed by atoms with Crippen LogP contribution in [0.5, 0.6) is 0 Å². The summed E-state index contributed by atoms with van der Waals surface area (Å²) >= 11 is 0. The smallest absolute Gasteiger partial charge is 0.314 e. The van der Waals surface area contributed by atoms with E-state index in [1.165, 1.54) is 4.90 Å². The summed E-state index contributed by atoms with van der Waals surface area (Å²) in [6, 6.07) is 4.88. The van der Waals surface area contributed by atoms with E-state index in [1.807, 2.05) is 6.07 Å². The van der Waals surface area contributed by atoms with Crippen LogP contribution in [-0.4, -0.2) is 44.7 Å². The Bertz CT molecular complexity index is 683. The lowest BCUT2D eigenvalue weighted by atomic mass is 9.97. The van der Waals surface area contributed by atoms with Crippen molar-refractivity contribution in [1.29, 1.82) is 0 Å². The molecular formula is C15H18N6O2. The number of nitrogens with zero attached hydrogens (tertiary/aromatic N) is 4. The van der Waals surface area contributed by atoms with Crippen LogP contribution in [0.25, 0.3) is 5.82 Å². The summed E-state index contributed by atoms with van der Waals surface area (Å²) in [6.07, 6.45) is 6.57. The summed E-state index contributed by atoms with van der Waals surface area (Å²) in [5.74, 6) is 0.303. The number of amides is 3. The van der Waals surface area contributed by atoms with Gasteiger partial charge >= 0.3 is 6.03 Å². The van der Waals surface area contributed by atoms with Crippen molar-refractivity contribution in [3.8, 4) is 5.82 Å². The van der Waals surface area contributed by atoms with E-state index in [2.05, 4.69) is 15.4 Å². The van der Waals surface area contributed by atoms with Crippen molar-refractivity contribution in [2.24, 2.45) is 11.7 Å². The number of carbonyl (C=O) groups is 2. The topological polar surface area (TPSA) is 106 Å². The molecule has 3 N–H and O–H groups in total. The van der Waals surface area contributed by atoms with Gasteiger partial charge in [-0.1, -0.05) is 0 Å². The maximum absolute atomic E-state index is 12.3. The Balaban J connectivity index is 1.62. The van der Waals surface area contributed by atoms with Gasteiger partial charge in [-0.3, -0.25) is 4.79 Å². The Morgan fingerprint density at radius 3 is 2.87 bits per heavy atom. The number of piperidine rings is 1. The molecule has 0 bridgehead atoms. The number of primary amides is 1. The van der Waals surface area contributed by atoms with Gasteiger partial charge in [-0.2, -0.15) is 5.10 Å². The number of hydrogen-bond donors (Lipinski definition) is 2. The van der Waals surface area contributed by atoms with Crippen molar-refractivity contribution in [1.82, 2.24) is 19.7 Å². The summed E-state index contributed by atoms with van der Waals surface area (Å²) in [5.41, 5.74) is 5.90. The number of nitrogens with two attached hydrogens (primary N) is 1. The zero-order chi connectivity index (χ0) is 16.2. The number of likely N-dealkylation sites (tertiary alicyclic amines) is 1. The van der Waals surface area contributed by atoms with E-state index in [9.17, 15) is 9.59 Å². The lowest BCUT2D eigenvalue weighted by molar-refractivity contribution is -0.121. The third-order valence-corrected chi connectivity index (χ3v) is 3.86. The molecule has 0 unspecified atom stereocenters. The highest BCUT2D eigenvalue weighted by molar-refractivity contribution is 5.93. The summed E-state index contributed by atoms with van der Waals surface area (Å²) in [7, 11) is 0. The SMILES string of the molecule is NC(=O)N1CCC[C@@H](C(=O)Nc2ccc(-n3cccn3)nc2)C1. The molecule has 1 saturated heterocycles. The number of anilines is 1. The molecule has 120 valence electrons. The van der Waals surface area contributed by atoms with Crippen LogP contribution < -0.4 is 11.1 Å². The van der Waals surface area contributed by atoms with Crippen molar-refractivity contribution in [2.45, 2.75) is 12.8 Å². The van der Waals surface area contributed by atoms with Crippen LogP contribution in [0.1, 0.15) is 12.8 Å². The Hall–Kier alpha value is -2.90. The first-order chi connectivity index (χ1) is 11.1. The van der Waals surface area contributed by atoms with Gasteiger partial charge in [0.25, 0.3) is 0 Å². The number of carbonyl (C=O) groups excluding carboxylic acids is 2. The monoisotopic (exact) mass is 314 g/mol. The number of nitrogens with one attached hydrogen (secondary N) is 1. The quantitative estimate of drug-likeness (QED) is 0.881. The summed E-state index contributed by atoms with van der Waals surface area (Å²) in [6.45, 7) is 0.971. The molecule has 1 aliphatic heterocycles. The van der Waals surface area contributed by atoms with Crippen LogP contribution in [0.15, 0.2) is 36.8 Å². The second-order valence-corrected chi connectivity index (χ2v) is 5.47. The van der Waals surface area contributed by atoms with Gasteiger partial charge in [-0.25, -0.2) is 14.5 Å². The van der Waals surface area contributed by atoms with Gasteiger partial charge in [0.2, 0.25) is 5.91 Å². The highest BCUT2D eigenvalue weighted by atomic mass is 16.2. The summed E-state index contributed by atoms with van der Waals surface area (Å²) in [4.78, 5) is 29.3. The molecule has 23 heavy (non-hydrogen) atoms. The van der Waals surface area contributed by atoms with Gasteiger partial charge in [0.1, 0.15) is 0 Å². The molecular weight excluding hydrogens is 296 g/mol. The second-order valence-electron chi connectivity index (χ2n) is 5.47. The summed E-state index contributed by atoms with van der Waals surface area (Å²) in [5, 5.41) is 6.93. The van der Waals surface area contributed by atoms with E-state index in [1.54, 1.807) is 35.4 Å². The lowest BCUT2D eigenvalue weighted by Gasteiger charge is -2.30. The van der Waals surface area contributed by atoms with E-state index in [0.717, 1.165) is 12.8 Å². The first-order valence-electron chi connectivity index (χ1n) is 7.45. The maximum Gasteiger partial charge on any atom is 0.314 e. The molecule has 8 nitrogen and oxygen atoms in total. The lowest BCUT2D eigenvalue weighted by Crippen LogP contribution is -2.46. The molecule has 1 fully saturated rings. The fraction of sp³-hybridized carbons (Fsp3) is 0.333. The van der Waals surface area contributed by atoms with Crippen LogP contribution >= 0.6 is 0 Å². The standard InChI is InChI=1S/C15H18N6O2/c16-15(23)20-7-1-3-11(10-20)14(22)19-12-4-5-13(17-9-12)21-8-2-6-18-21/h2,4-6,8-9,11H,1,3,7,10H2,(H2,16,23)(H,19,22)/t11-/m1/s1. The fourth-order valence-electron chi connectivity index (χ4n) is 2.64.